The summed E-state index contributed by atoms with van der Waals surface area (Å²) in [6.07, 6.45) is 5.45. The van der Waals surface area contributed by atoms with Gasteiger partial charge in [-0.1, -0.05) is 6.07 Å². The van der Waals surface area contributed by atoms with Gasteiger partial charge in [-0.25, -0.2) is 13.8 Å². The molecule has 0 radical (unpaired) electrons. The maximum absolute atomic E-state index is 14.3. The van der Waals surface area contributed by atoms with E-state index in [1.807, 2.05) is 12.1 Å². The molecule has 0 saturated carbocycles. The smallest absolute Gasteiger partial charge is 0.135 e. The summed E-state index contributed by atoms with van der Waals surface area (Å²) < 4.78 is 28.6. The van der Waals surface area contributed by atoms with E-state index in [0.717, 1.165) is 42.5 Å². The topological polar surface area (TPSA) is 94.0 Å². The Bertz CT molecular complexity index is 1290. The van der Waals surface area contributed by atoms with Gasteiger partial charge in [0.25, 0.3) is 0 Å². The zero-order valence-electron chi connectivity index (χ0n) is 17.3. The highest BCUT2D eigenvalue weighted by atomic mass is 19.1. The lowest BCUT2D eigenvalue weighted by molar-refractivity contribution is 0.507. The number of hydrogen-bond donors (Lipinski definition) is 2. The first-order chi connectivity index (χ1) is 15.5. The molecule has 0 amide bonds. The standard InChI is InChI=1S/C24H22F2N6/c25-16-4-1-5-17(26)23(16)19-7-6-18(28)24(31-19)20-11-15-21(12-30-20)29-9-8-22(15)32-10-2-3-14(27)13-32/h1,4-9,11-12,14H,2-3,10,13,27-28H2/t14-/m1/s1. The van der Waals surface area contributed by atoms with Crippen LogP contribution in [0.1, 0.15) is 12.8 Å². The Labute approximate surface area is 183 Å². The molecule has 8 heteroatoms. The highest BCUT2D eigenvalue weighted by molar-refractivity contribution is 5.94. The molecule has 162 valence electrons. The number of piperidine rings is 1. The summed E-state index contributed by atoms with van der Waals surface area (Å²) >= 11 is 0. The lowest BCUT2D eigenvalue weighted by atomic mass is 10.0. The molecular weight excluding hydrogens is 410 g/mol. The van der Waals surface area contributed by atoms with Gasteiger partial charge >= 0.3 is 0 Å². The molecule has 3 aromatic heterocycles. The fraction of sp³-hybridized carbons (Fsp3) is 0.208. The minimum Gasteiger partial charge on any atom is -0.397 e. The van der Waals surface area contributed by atoms with Crippen LogP contribution in [0, 0.1) is 11.6 Å². The number of nitrogens with zero attached hydrogens (tertiary/aromatic N) is 4. The third-order valence-electron chi connectivity index (χ3n) is 5.79. The van der Waals surface area contributed by atoms with Crippen molar-refractivity contribution in [2.45, 2.75) is 18.9 Å². The summed E-state index contributed by atoms with van der Waals surface area (Å²) in [6.45, 7) is 1.67. The summed E-state index contributed by atoms with van der Waals surface area (Å²) in [5, 5.41) is 0.898. The van der Waals surface area contributed by atoms with E-state index in [1.165, 1.54) is 24.3 Å². The quantitative estimate of drug-likeness (QED) is 0.505. The molecule has 1 saturated heterocycles. The number of halogens is 2. The fourth-order valence-corrected chi connectivity index (χ4v) is 4.23. The molecule has 0 bridgehead atoms. The zero-order chi connectivity index (χ0) is 22.2. The van der Waals surface area contributed by atoms with Crippen molar-refractivity contribution in [2.24, 2.45) is 5.73 Å². The summed E-state index contributed by atoms with van der Waals surface area (Å²) in [6, 6.07) is 10.8. The summed E-state index contributed by atoms with van der Waals surface area (Å²) in [5.41, 5.74) is 15.3. The highest BCUT2D eigenvalue weighted by Crippen LogP contribution is 2.33. The number of nitrogen functional groups attached to an aromatic ring is 1. The molecule has 32 heavy (non-hydrogen) atoms. The Hall–Kier alpha value is -3.65. The summed E-state index contributed by atoms with van der Waals surface area (Å²) in [4.78, 5) is 15.6. The van der Waals surface area contributed by atoms with Crippen molar-refractivity contribution in [3.63, 3.8) is 0 Å². The van der Waals surface area contributed by atoms with Crippen molar-refractivity contribution >= 4 is 22.3 Å². The molecule has 1 aliphatic rings. The van der Waals surface area contributed by atoms with Crippen LogP contribution >= 0.6 is 0 Å². The first-order valence-electron chi connectivity index (χ1n) is 10.5. The lowest BCUT2D eigenvalue weighted by Crippen LogP contribution is -2.42. The Morgan fingerprint density at radius 1 is 1.00 bits per heavy atom. The second kappa shape index (κ2) is 8.12. The van der Waals surface area contributed by atoms with Gasteiger partial charge in [-0.05, 0) is 49.2 Å². The van der Waals surface area contributed by atoms with Gasteiger partial charge < -0.3 is 16.4 Å². The van der Waals surface area contributed by atoms with Crippen LogP contribution in [0.15, 0.2) is 54.9 Å². The summed E-state index contributed by atoms with van der Waals surface area (Å²) in [5.74, 6) is -1.37. The van der Waals surface area contributed by atoms with Crippen LogP contribution in [-0.4, -0.2) is 34.1 Å². The molecule has 6 nitrogen and oxygen atoms in total. The Morgan fingerprint density at radius 2 is 1.81 bits per heavy atom. The molecule has 1 atom stereocenters. The van der Waals surface area contributed by atoms with Gasteiger partial charge in [0.05, 0.1) is 34.4 Å². The van der Waals surface area contributed by atoms with Crippen molar-refractivity contribution in [2.75, 3.05) is 23.7 Å². The third kappa shape index (κ3) is 3.62. The normalized spacial score (nSPS) is 16.5. The minimum atomic E-state index is -0.687. The first kappa shape index (κ1) is 20.3. The van der Waals surface area contributed by atoms with Crippen molar-refractivity contribution in [3.8, 4) is 22.6 Å². The van der Waals surface area contributed by atoms with Crippen LogP contribution < -0.4 is 16.4 Å². The fourth-order valence-electron chi connectivity index (χ4n) is 4.23. The van der Waals surface area contributed by atoms with Crippen LogP contribution in [0.4, 0.5) is 20.2 Å². The van der Waals surface area contributed by atoms with Crippen molar-refractivity contribution in [1.29, 1.82) is 0 Å². The number of rotatable bonds is 3. The van der Waals surface area contributed by atoms with Gasteiger partial charge in [-0.15, -0.1) is 0 Å². The first-order valence-corrected chi connectivity index (χ1v) is 10.5. The predicted octanol–water partition coefficient (Wildman–Crippen LogP) is 4.15. The second-order valence-corrected chi connectivity index (χ2v) is 8.00. The third-order valence-corrected chi connectivity index (χ3v) is 5.79. The van der Waals surface area contributed by atoms with Crippen LogP contribution in [-0.2, 0) is 0 Å². The van der Waals surface area contributed by atoms with Crippen LogP contribution in [0.5, 0.6) is 0 Å². The highest BCUT2D eigenvalue weighted by Gasteiger charge is 2.20. The monoisotopic (exact) mass is 432 g/mol. The van der Waals surface area contributed by atoms with E-state index in [0.29, 0.717) is 17.1 Å². The Kier molecular flexibility index (Phi) is 5.14. The van der Waals surface area contributed by atoms with Gasteiger partial charge in [0, 0.05) is 36.4 Å². The number of hydrogen-bond acceptors (Lipinski definition) is 6. The number of nitrogens with two attached hydrogens (primary N) is 2. The van der Waals surface area contributed by atoms with Gasteiger partial charge in [0.1, 0.15) is 17.3 Å². The van der Waals surface area contributed by atoms with Crippen molar-refractivity contribution in [3.05, 3.63) is 66.5 Å². The van der Waals surface area contributed by atoms with Gasteiger partial charge in [0.2, 0.25) is 0 Å². The molecule has 1 fully saturated rings. The molecule has 0 unspecified atom stereocenters. The van der Waals surface area contributed by atoms with Crippen molar-refractivity contribution < 1.29 is 8.78 Å². The Morgan fingerprint density at radius 3 is 2.59 bits per heavy atom. The van der Waals surface area contributed by atoms with Crippen molar-refractivity contribution in [1.82, 2.24) is 15.0 Å². The number of fused-ring (bicyclic) bond motifs is 1. The molecule has 4 aromatic rings. The van der Waals surface area contributed by atoms with Gasteiger partial charge in [0.15, 0.2) is 0 Å². The average Bonchev–Trinajstić information content (AvgIpc) is 2.79. The van der Waals surface area contributed by atoms with E-state index in [9.17, 15) is 8.78 Å². The molecule has 0 aliphatic carbocycles. The maximum Gasteiger partial charge on any atom is 0.135 e. The summed E-state index contributed by atoms with van der Waals surface area (Å²) in [7, 11) is 0. The van der Waals surface area contributed by atoms with E-state index in [-0.39, 0.29) is 17.3 Å². The number of pyridine rings is 3. The number of benzene rings is 1. The molecule has 5 rings (SSSR count). The van der Waals surface area contributed by atoms with E-state index in [2.05, 4.69) is 19.9 Å². The molecule has 0 spiro atoms. The molecular formula is C24H22F2N6. The lowest BCUT2D eigenvalue weighted by Gasteiger charge is -2.33. The van der Waals surface area contributed by atoms with E-state index >= 15 is 0 Å². The molecule has 4 N–H and O–H groups in total. The van der Waals surface area contributed by atoms with E-state index in [4.69, 9.17) is 11.5 Å². The average molecular weight is 432 g/mol. The van der Waals surface area contributed by atoms with Gasteiger partial charge in [-0.2, -0.15) is 0 Å². The van der Waals surface area contributed by atoms with Gasteiger partial charge in [-0.3, -0.25) is 9.97 Å². The van der Waals surface area contributed by atoms with Crippen LogP contribution in [0.3, 0.4) is 0 Å². The van der Waals surface area contributed by atoms with E-state index < -0.39 is 11.6 Å². The number of anilines is 2. The van der Waals surface area contributed by atoms with Crippen LogP contribution in [0.2, 0.25) is 0 Å². The van der Waals surface area contributed by atoms with E-state index in [1.54, 1.807) is 18.5 Å². The predicted molar refractivity (Wildman–Crippen MR) is 122 cm³/mol. The second-order valence-electron chi connectivity index (χ2n) is 8.00. The molecule has 4 heterocycles. The zero-order valence-corrected chi connectivity index (χ0v) is 17.3. The Balaban J connectivity index is 1.63. The molecule has 1 aliphatic heterocycles. The maximum atomic E-state index is 14.3. The van der Waals surface area contributed by atoms with Crippen LogP contribution in [0.25, 0.3) is 33.5 Å². The SMILES string of the molecule is Nc1ccc(-c2c(F)cccc2F)nc1-c1cc2c(N3CCC[C@@H](N)C3)ccnc2cn1. The minimum absolute atomic E-state index is 0.123. The largest absolute Gasteiger partial charge is 0.397 e. The number of aromatic nitrogens is 3. The molecule has 1 aromatic carbocycles.